The van der Waals surface area contributed by atoms with E-state index in [1.165, 1.54) is 12.5 Å². The van der Waals surface area contributed by atoms with Gasteiger partial charge in [-0.3, -0.25) is 0 Å². The number of oxime groups is 1. The van der Waals surface area contributed by atoms with Crippen LogP contribution in [0.15, 0.2) is 50.8 Å². The molecule has 0 radical (unpaired) electrons. The number of hydrogen-bond donors (Lipinski definition) is 2. The van der Waals surface area contributed by atoms with Crippen molar-refractivity contribution in [3.8, 4) is 0 Å². The van der Waals surface area contributed by atoms with Gasteiger partial charge in [-0.25, -0.2) is 0 Å². The Morgan fingerprint density at radius 3 is 2.47 bits per heavy atom. The van der Waals surface area contributed by atoms with Gasteiger partial charge in [0.15, 0.2) is 17.6 Å². The first-order chi connectivity index (χ1) is 7.33. The van der Waals surface area contributed by atoms with E-state index >= 15 is 0 Å². The Hall–Kier alpha value is -2.01. The lowest BCUT2D eigenvalue weighted by atomic mass is 10.1. The molecule has 0 aliphatic heterocycles. The van der Waals surface area contributed by atoms with Crippen LogP contribution in [-0.4, -0.2) is 16.0 Å². The van der Waals surface area contributed by atoms with Gasteiger partial charge in [0, 0.05) is 0 Å². The van der Waals surface area contributed by atoms with E-state index in [0.717, 1.165) is 0 Å². The lowest BCUT2D eigenvalue weighted by Crippen LogP contribution is -2.12. The molecule has 1 atom stereocenters. The average Bonchev–Trinajstić information content (AvgIpc) is 2.91. The Kier molecular flexibility index (Phi) is 2.55. The fraction of sp³-hybridized carbons (Fsp3) is 0.100. The molecule has 2 aromatic rings. The van der Waals surface area contributed by atoms with E-state index in [9.17, 15) is 5.11 Å². The van der Waals surface area contributed by atoms with Gasteiger partial charge in [0.05, 0.1) is 12.5 Å². The SMILES string of the molecule is ON=C(c1ccco1)C(O)c1ccco1. The van der Waals surface area contributed by atoms with E-state index in [0.29, 0.717) is 11.5 Å². The van der Waals surface area contributed by atoms with Gasteiger partial charge in [0.1, 0.15) is 5.76 Å². The van der Waals surface area contributed by atoms with Crippen molar-refractivity contribution in [2.24, 2.45) is 5.16 Å². The molecule has 5 nitrogen and oxygen atoms in total. The molecule has 0 saturated carbocycles. The highest BCUT2D eigenvalue weighted by molar-refractivity contribution is 6.01. The molecule has 15 heavy (non-hydrogen) atoms. The van der Waals surface area contributed by atoms with Crippen molar-refractivity contribution in [3.63, 3.8) is 0 Å². The van der Waals surface area contributed by atoms with Crippen molar-refractivity contribution in [1.29, 1.82) is 0 Å². The maximum absolute atomic E-state index is 9.80. The van der Waals surface area contributed by atoms with Crippen molar-refractivity contribution >= 4 is 5.71 Å². The van der Waals surface area contributed by atoms with Gasteiger partial charge >= 0.3 is 0 Å². The van der Waals surface area contributed by atoms with Crippen molar-refractivity contribution in [2.45, 2.75) is 6.10 Å². The molecular weight excluding hydrogens is 198 g/mol. The monoisotopic (exact) mass is 207 g/mol. The van der Waals surface area contributed by atoms with Crippen molar-refractivity contribution in [1.82, 2.24) is 0 Å². The van der Waals surface area contributed by atoms with Gasteiger partial charge in [-0.05, 0) is 24.3 Å². The minimum Gasteiger partial charge on any atom is -0.466 e. The minimum absolute atomic E-state index is 0.00921. The largest absolute Gasteiger partial charge is 0.466 e. The van der Waals surface area contributed by atoms with Crippen LogP contribution in [0.2, 0.25) is 0 Å². The normalized spacial score (nSPS) is 14.1. The summed E-state index contributed by atoms with van der Waals surface area (Å²) in [6.45, 7) is 0. The van der Waals surface area contributed by atoms with Crippen LogP contribution in [0.5, 0.6) is 0 Å². The Morgan fingerprint density at radius 2 is 1.93 bits per heavy atom. The molecule has 0 spiro atoms. The average molecular weight is 207 g/mol. The standard InChI is InChI=1S/C10H9NO4/c12-10(8-4-2-6-15-8)9(11-13)7-3-1-5-14-7/h1-6,10,12-13H. The number of nitrogens with zero attached hydrogens (tertiary/aromatic N) is 1. The second kappa shape index (κ2) is 4.02. The number of furan rings is 2. The Balaban J connectivity index is 2.30. The molecule has 0 fully saturated rings. The van der Waals surface area contributed by atoms with Gasteiger partial charge in [-0.2, -0.15) is 0 Å². The topological polar surface area (TPSA) is 79.1 Å². The van der Waals surface area contributed by atoms with Gasteiger partial charge in [0.2, 0.25) is 0 Å². The third-order valence-corrected chi connectivity index (χ3v) is 1.95. The Morgan fingerprint density at radius 1 is 1.20 bits per heavy atom. The number of hydrogen-bond acceptors (Lipinski definition) is 5. The lowest BCUT2D eigenvalue weighted by molar-refractivity contribution is 0.205. The second-order valence-corrected chi connectivity index (χ2v) is 2.88. The Labute approximate surface area is 85.2 Å². The fourth-order valence-corrected chi connectivity index (χ4v) is 1.24. The highest BCUT2D eigenvalue weighted by Crippen LogP contribution is 2.19. The summed E-state index contributed by atoms with van der Waals surface area (Å²) in [5, 5.41) is 21.6. The summed E-state index contributed by atoms with van der Waals surface area (Å²) in [5.74, 6) is 0.584. The van der Waals surface area contributed by atoms with Crippen LogP contribution in [0.25, 0.3) is 0 Å². The molecule has 0 saturated heterocycles. The Bertz CT molecular complexity index is 430. The minimum atomic E-state index is -1.14. The van der Waals surface area contributed by atoms with E-state index in [1.807, 2.05) is 0 Å². The zero-order valence-corrected chi connectivity index (χ0v) is 7.70. The molecule has 78 valence electrons. The van der Waals surface area contributed by atoms with Crippen LogP contribution in [0.3, 0.4) is 0 Å². The van der Waals surface area contributed by atoms with Crippen molar-refractivity contribution in [3.05, 3.63) is 48.3 Å². The van der Waals surface area contributed by atoms with E-state index in [2.05, 4.69) is 5.16 Å². The molecule has 2 aromatic heterocycles. The maximum Gasteiger partial charge on any atom is 0.160 e. The molecule has 0 amide bonds. The zero-order chi connectivity index (χ0) is 10.7. The molecule has 2 rings (SSSR count). The summed E-state index contributed by atoms with van der Waals surface area (Å²) in [6, 6.07) is 6.44. The fourth-order valence-electron chi connectivity index (χ4n) is 1.24. The van der Waals surface area contributed by atoms with Crippen LogP contribution >= 0.6 is 0 Å². The second-order valence-electron chi connectivity index (χ2n) is 2.88. The third-order valence-electron chi connectivity index (χ3n) is 1.95. The van der Waals surface area contributed by atoms with Gasteiger partial charge in [0.25, 0.3) is 0 Å². The lowest BCUT2D eigenvalue weighted by Gasteiger charge is -2.06. The highest BCUT2D eigenvalue weighted by Gasteiger charge is 2.22. The summed E-state index contributed by atoms with van der Waals surface area (Å²) < 4.78 is 10.0. The predicted molar refractivity (Wildman–Crippen MR) is 50.7 cm³/mol. The van der Waals surface area contributed by atoms with E-state index < -0.39 is 6.10 Å². The molecule has 0 bridgehead atoms. The number of rotatable bonds is 3. The summed E-state index contributed by atoms with van der Waals surface area (Å²) in [4.78, 5) is 0. The number of aliphatic hydroxyl groups is 1. The summed E-state index contributed by atoms with van der Waals surface area (Å²) in [7, 11) is 0. The maximum atomic E-state index is 9.80. The molecular formula is C10H9NO4. The molecule has 0 aliphatic carbocycles. The molecule has 0 aliphatic rings. The van der Waals surface area contributed by atoms with Crippen LogP contribution in [0.1, 0.15) is 17.6 Å². The van der Waals surface area contributed by atoms with E-state index in [-0.39, 0.29) is 5.71 Å². The van der Waals surface area contributed by atoms with Gasteiger partial charge in [-0.15, -0.1) is 0 Å². The molecule has 5 heteroatoms. The molecule has 2 heterocycles. The molecule has 0 aromatic carbocycles. The first-order valence-electron chi connectivity index (χ1n) is 4.30. The smallest absolute Gasteiger partial charge is 0.160 e. The first kappa shape index (κ1) is 9.54. The van der Waals surface area contributed by atoms with Crippen LogP contribution in [0.4, 0.5) is 0 Å². The van der Waals surface area contributed by atoms with Crippen LogP contribution in [0, 0.1) is 0 Å². The highest BCUT2D eigenvalue weighted by atomic mass is 16.4. The van der Waals surface area contributed by atoms with Crippen molar-refractivity contribution < 1.29 is 19.1 Å². The van der Waals surface area contributed by atoms with E-state index in [1.54, 1.807) is 24.3 Å². The van der Waals surface area contributed by atoms with Crippen molar-refractivity contribution in [2.75, 3.05) is 0 Å². The predicted octanol–water partition coefficient (Wildman–Crippen LogP) is 1.78. The molecule has 2 N–H and O–H groups in total. The summed E-state index contributed by atoms with van der Waals surface area (Å²) in [5.41, 5.74) is 0.00921. The van der Waals surface area contributed by atoms with Crippen LogP contribution < -0.4 is 0 Å². The third kappa shape index (κ3) is 1.77. The first-order valence-corrected chi connectivity index (χ1v) is 4.30. The van der Waals surface area contributed by atoms with Gasteiger partial charge < -0.3 is 19.1 Å². The molecule has 1 unspecified atom stereocenters. The quantitative estimate of drug-likeness (QED) is 0.456. The van der Waals surface area contributed by atoms with Crippen LogP contribution in [-0.2, 0) is 0 Å². The zero-order valence-electron chi connectivity index (χ0n) is 7.70. The number of aliphatic hydroxyl groups excluding tert-OH is 1. The summed E-state index contributed by atoms with van der Waals surface area (Å²) >= 11 is 0. The summed E-state index contributed by atoms with van der Waals surface area (Å²) in [6.07, 6.45) is 1.71. The van der Waals surface area contributed by atoms with E-state index in [4.69, 9.17) is 14.0 Å². The van der Waals surface area contributed by atoms with Gasteiger partial charge in [-0.1, -0.05) is 5.16 Å².